The minimum atomic E-state index is -0.718. The molecule has 0 saturated carbocycles. The van der Waals surface area contributed by atoms with Crippen molar-refractivity contribution >= 4 is 29.5 Å². The molecule has 3 N–H and O–H groups in total. The molecule has 6 atom stereocenters. The first-order valence-electron chi connectivity index (χ1n) is 12.4. The van der Waals surface area contributed by atoms with Gasteiger partial charge in [-0.3, -0.25) is 14.4 Å². The molecule has 0 radical (unpaired) electrons. The monoisotopic (exact) mass is 487 g/mol. The van der Waals surface area contributed by atoms with Gasteiger partial charge in [-0.15, -0.1) is 11.8 Å². The Morgan fingerprint density at radius 3 is 2.53 bits per heavy atom. The summed E-state index contributed by atoms with van der Waals surface area (Å²) in [5.74, 6) is -1.51. The molecule has 0 aliphatic carbocycles. The number of rotatable bonds is 9. The molecule has 1 spiro atoms. The van der Waals surface area contributed by atoms with Gasteiger partial charge < -0.3 is 20.6 Å². The number of aliphatic hydroxyl groups is 1. The van der Waals surface area contributed by atoms with Crippen molar-refractivity contribution in [3.05, 3.63) is 35.9 Å². The number of nitrogens with zero attached hydrogens (tertiary/aromatic N) is 1. The molecule has 2 unspecified atom stereocenters. The van der Waals surface area contributed by atoms with E-state index in [4.69, 9.17) is 0 Å². The molecule has 2 bridgehead atoms. The van der Waals surface area contributed by atoms with Crippen LogP contribution in [0.15, 0.2) is 30.3 Å². The fourth-order valence-corrected chi connectivity index (χ4v) is 8.66. The molecule has 7 nitrogen and oxygen atoms in total. The van der Waals surface area contributed by atoms with E-state index in [9.17, 15) is 19.5 Å². The van der Waals surface area contributed by atoms with Crippen LogP contribution in [0.5, 0.6) is 0 Å². The van der Waals surface area contributed by atoms with Gasteiger partial charge in [0.05, 0.1) is 29.2 Å². The number of carbonyl (C=O) groups excluding carboxylic acids is 3. The van der Waals surface area contributed by atoms with Gasteiger partial charge in [0.25, 0.3) is 0 Å². The van der Waals surface area contributed by atoms with Crippen LogP contribution in [0.3, 0.4) is 0 Å². The van der Waals surface area contributed by atoms with Crippen LogP contribution in [-0.2, 0) is 20.8 Å². The third kappa shape index (κ3) is 4.02. The quantitative estimate of drug-likeness (QED) is 0.496. The van der Waals surface area contributed by atoms with Crippen LogP contribution < -0.4 is 10.6 Å². The number of nitrogens with one attached hydrogen (secondary N) is 2. The minimum absolute atomic E-state index is 0.0792. The van der Waals surface area contributed by atoms with Crippen molar-refractivity contribution in [1.29, 1.82) is 0 Å². The summed E-state index contributed by atoms with van der Waals surface area (Å²) in [6.07, 6.45) is 2.76. The van der Waals surface area contributed by atoms with E-state index in [1.54, 1.807) is 16.7 Å². The number of thioether (sulfide) groups is 1. The van der Waals surface area contributed by atoms with Crippen molar-refractivity contribution in [2.24, 2.45) is 11.8 Å². The van der Waals surface area contributed by atoms with Crippen LogP contribution in [0.4, 0.5) is 0 Å². The van der Waals surface area contributed by atoms with Crippen LogP contribution in [0, 0.1) is 11.8 Å². The second kappa shape index (κ2) is 9.53. The van der Waals surface area contributed by atoms with Gasteiger partial charge in [0, 0.05) is 17.3 Å². The van der Waals surface area contributed by atoms with Gasteiger partial charge in [-0.25, -0.2) is 0 Å². The Labute approximate surface area is 206 Å². The molecule has 186 valence electrons. The average molecular weight is 488 g/mol. The molecule has 3 saturated heterocycles. The number of carbonyl (C=O) groups is 3. The SMILES string of the molecule is CCCNC(=O)[C@@H]1[C@H]2C(=O)N([C@@H](CO)Cc3ccccc3)C(C(=O)NC(C)C)C23CC[C@@]1(C)S3. The van der Waals surface area contributed by atoms with Gasteiger partial charge in [-0.05, 0) is 52.0 Å². The number of hydrogen-bond donors (Lipinski definition) is 3. The highest BCUT2D eigenvalue weighted by molar-refractivity contribution is 8.02. The molecule has 3 aliphatic heterocycles. The predicted octanol–water partition coefficient (Wildman–Crippen LogP) is 2.12. The Morgan fingerprint density at radius 1 is 1.21 bits per heavy atom. The van der Waals surface area contributed by atoms with Crippen LogP contribution in [0.25, 0.3) is 0 Å². The van der Waals surface area contributed by atoms with E-state index < -0.39 is 28.7 Å². The second-order valence-electron chi connectivity index (χ2n) is 10.5. The number of benzene rings is 1. The van der Waals surface area contributed by atoms with E-state index in [1.165, 1.54) is 0 Å². The van der Waals surface area contributed by atoms with Gasteiger partial charge >= 0.3 is 0 Å². The lowest BCUT2D eigenvalue weighted by Crippen LogP contribution is -2.57. The van der Waals surface area contributed by atoms with Crippen LogP contribution in [0.1, 0.15) is 52.5 Å². The number of fused-ring (bicyclic) bond motifs is 1. The zero-order valence-corrected chi connectivity index (χ0v) is 21.4. The largest absolute Gasteiger partial charge is 0.394 e. The van der Waals surface area contributed by atoms with Crippen molar-refractivity contribution < 1.29 is 19.5 Å². The Balaban J connectivity index is 1.75. The Kier molecular flexibility index (Phi) is 7.02. The molecule has 1 aromatic carbocycles. The normalized spacial score (nSPS) is 32.7. The van der Waals surface area contributed by atoms with Crippen molar-refractivity contribution in [3.8, 4) is 0 Å². The molecule has 3 heterocycles. The molecular formula is C26H37N3O4S. The fraction of sp³-hybridized carbons (Fsp3) is 0.654. The maximum absolute atomic E-state index is 14.1. The van der Waals surface area contributed by atoms with Crippen LogP contribution in [-0.4, -0.2) is 68.5 Å². The topological polar surface area (TPSA) is 98.7 Å². The van der Waals surface area contributed by atoms with Crippen LogP contribution >= 0.6 is 11.8 Å². The van der Waals surface area contributed by atoms with Crippen LogP contribution in [0.2, 0.25) is 0 Å². The van der Waals surface area contributed by atoms with Gasteiger partial charge in [0.2, 0.25) is 17.7 Å². The molecule has 8 heteroatoms. The van der Waals surface area contributed by atoms with Crippen molar-refractivity contribution in [1.82, 2.24) is 15.5 Å². The summed E-state index contributed by atoms with van der Waals surface area (Å²) in [5.41, 5.74) is 0.994. The highest BCUT2D eigenvalue weighted by atomic mass is 32.2. The zero-order valence-electron chi connectivity index (χ0n) is 20.5. The van der Waals surface area contributed by atoms with E-state index in [0.717, 1.165) is 18.4 Å². The Bertz CT molecular complexity index is 941. The highest BCUT2D eigenvalue weighted by Gasteiger charge is 2.77. The molecule has 3 aliphatic rings. The summed E-state index contributed by atoms with van der Waals surface area (Å²) in [6.45, 7) is 8.21. The third-order valence-electron chi connectivity index (χ3n) is 7.64. The van der Waals surface area contributed by atoms with E-state index in [2.05, 4.69) is 17.6 Å². The van der Waals surface area contributed by atoms with Crippen molar-refractivity contribution in [2.45, 2.75) is 81.0 Å². The van der Waals surface area contributed by atoms with Crippen molar-refractivity contribution in [2.75, 3.05) is 13.2 Å². The van der Waals surface area contributed by atoms with Gasteiger partial charge in [-0.1, -0.05) is 37.3 Å². The Morgan fingerprint density at radius 2 is 1.91 bits per heavy atom. The highest BCUT2D eigenvalue weighted by Crippen LogP contribution is 2.71. The summed E-state index contributed by atoms with van der Waals surface area (Å²) in [5, 5.41) is 16.5. The first-order chi connectivity index (χ1) is 16.2. The molecular weight excluding hydrogens is 450 g/mol. The van der Waals surface area contributed by atoms with E-state index >= 15 is 0 Å². The van der Waals surface area contributed by atoms with Gasteiger partial charge in [0.1, 0.15) is 6.04 Å². The number of aliphatic hydroxyl groups excluding tert-OH is 1. The number of hydrogen-bond acceptors (Lipinski definition) is 5. The van der Waals surface area contributed by atoms with E-state index in [0.29, 0.717) is 19.4 Å². The fourth-order valence-electron chi connectivity index (χ4n) is 6.32. The van der Waals surface area contributed by atoms with E-state index in [-0.39, 0.29) is 35.1 Å². The molecule has 3 fully saturated rings. The van der Waals surface area contributed by atoms with Gasteiger partial charge in [-0.2, -0.15) is 0 Å². The lowest BCUT2D eigenvalue weighted by atomic mass is 9.66. The molecule has 0 aromatic heterocycles. The summed E-state index contributed by atoms with van der Waals surface area (Å²) < 4.78 is -1.04. The summed E-state index contributed by atoms with van der Waals surface area (Å²) in [7, 11) is 0. The zero-order chi connectivity index (χ0) is 24.7. The molecule has 34 heavy (non-hydrogen) atoms. The summed E-state index contributed by atoms with van der Waals surface area (Å²) >= 11 is 1.66. The summed E-state index contributed by atoms with van der Waals surface area (Å²) in [6, 6.07) is 8.38. The average Bonchev–Trinajstić information content (AvgIpc) is 3.37. The predicted molar refractivity (Wildman–Crippen MR) is 133 cm³/mol. The first kappa shape index (κ1) is 25.0. The molecule has 1 aromatic rings. The minimum Gasteiger partial charge on any atom is -0.394 e. The second-order valence-corrected chi connectivity index (χ2v) is 12.4. The summed E-state index contributed by atoms with van der Waals surface area (Å²) in [4.78, 5) is 42.8. The smallest absolute Gasteiger partial charge is 0.244 e. The first-order valence-corrected chi connectivity index (χ1v) is 13.3. The third-order valence-corrected chi connectivity index (χ3v) is 9.63. The molecule has 3 amide bonds. The maximum atomic E-state index is 14.1. The number of amides is 3. The lowest BCUT2D eigenvalue weighted by Gasteiger charge is -2.37. The Hall–Kier alpha value is -2.06. The molecule has 4 rings (SSSR count). The van der Waals surface area contributed by atoms with Crippen molar-refractivity contribution in [3.63, 3.8) is 0 Å². The standard InChI is InChI=1S/C26H37N3O4S/c1-5-13-27-22(31)19-20-24(33)29(18(15-30)14-17-9-7-6-8-10-17)21(23(32)28-16(2)3)26(20)12-11-25(19,4)34-26/h6-10,16,18-21,30H,5,11-15H2,1-4H3,(H,27,31)(H,28,32)/t18-,19+,20+,21?,25-,26?/m1/s1. The maximum Gasteiger partial charge on any atom is 0.244 e. The van der Waals surface area contributed by atoms with Gasteiger partial charge in [0.15, 0.2) is 0 Å². The lowest BCUT2D eigenvalue weighted by molar-refractivity contribution is -0.143. The van der Waals surface area contributed by atoms with E-state index in [1.807, 2.05) is 51.1 Å². The number of likely N-dealkylation sites (tertiary alicyclic amines) is 1.